The highest BCUT2D eigenvalue weighted by molar-refractivity contribution is 5.60. The van der Waals surface area contributed by atoms with Crippen LogP contribution in [0.5, 0.6) is 0 Å². The first kappa shape index (κ1) is 16.8. The molecule has 0 aliphatic heterocycles. The van der Waals surface area contributed by atoms with E-state index in [2.05, 4.69) is 4.98 Å². The lowest BCUT2D eigenvalue weighted by molar-refractivity contribution is 0.0546. The van der Waals surface area contributed by atoms with E-state index in [1.165, 1.54) is 0 Å². The van der Waals surface area contributed by atoms with Gasteiger partial charge in [-0.05, 0) is 32.9 Å². The summed E-state index contributed by atoms with van der Waals surface area (Å²) in [6.07, 6.45) is -0.179. The minimum absolute atomic E-state index is 0.152. The van der Waals surface area contributed by atoms with Crippen LogP contribution in [-0.4, -0.2) is 58.2 Å². The Morgan fingerprint density at radius 2 is 1.50 bits per heavy atom. The maximum atomic E-state index is 9.82. The third-order valence-electron chi connectivity index (χ3n) is 3.11. The lowest BCUT2D eigenvalue weighted by atomic mass is 10.1. The van der Waals surface area contributed by atoms with Gasteiger partial charge in [-0.25, -0.2) is 4.98 Å². The Balaban J connectivity index is 3.30. The average molecular weight is 284 g/mol. The molecule has 6 heteroatoms. The molecule has 0 bridgehead atoms. The topological polar surface area (TPSA) is 99.6 Å². The fourth-order valence-electron chi connectivity index (χ4n) is 2.81. The summed E-state index contributed by atoms with van der Waals surface area (Å²) in [6, 6.07) is 3.47. The molecule has 1 aromatic heterocycles. The van der Waals surface area contributed by atoms with Crippen LogP contribution in [0.4, 0.5) is 11.5 Å². The molecule has 1 rings (SSSR count). The first-order valence-electron chi connectivity index (χ1n) is 6.88. The van der Waals surface area contributed by atoms with Crippen molar-refractivity contribution in [3.63, 3.8) is 0 Å². The Bertz CT molecular complexity index is 395. The summed E-state index contributed by atoms with van der Waals surface area (Å²) in [7, 11) is 0. The van der Waals surface area contributed by atoms with Gasteiger partial charge < -0.3 is 21.1 Å². The summed E-state index contributed by atoms with van der Waals surface area (Å²) in [5, 5.41) is 29.5. The number of aromatic nitrogens is 1. The highest BCUT2D eigenvalue weighted by Crippen LogP contribution is 2.28. The van der Waals surface area contributed by atoms with Crippen molar-refractivity contribution in [2.75, 3.05) is 25.4 Å². The fourth-order valence-corrected chi connectivity index (χ4v) is 2.81. The molecule has 0 saturated carbocycles. The third-order valence-corrected chi connectivity index (χ3v) is 3.11. The van der Waals surface area contributed by atoms with E-state index in [4.69, 9.17) is 5.73 Å². The van der Waals surface area contributed by atoms with Crippen LogP contribution < -0.4 is 10.2 Å². The second-order valence-corrected chi connectivity index (χ2v) is 5.66. The van der Waals surface area contributed by atoms with Gasteiger partial charge in [-0.1, -0.05) is 0 Å². The van der Waals surface area contributed by atoms with Crippen LogP contribution in [0.15, 0.2) is 18.3 Å². The van der Waals surface area contributed by atoms with Crippen LogP contribution in [0.1, 0.15) is 20.8 Å². The number of hydrogen-bond donors (Lipinski definition) is 4. The molecule has 0 aliphatic rings. The van der Waals surface area contributed by atoms with E-state index in [-0.39, 0.29) is 4.48 Å². The molecule has 20 heavy (non-hydrogen) atoms. The van der Waals surface area contributed by atoms with Crippen LogP contribution in [0, 0.1) is 0 Å². The van der Waals surface area contributed by atoms with Crippen molar-refractivity contribution in [3.8, 4) is 0 Å². The van der Waals surface area contributed by atoms with Crippen molar-refractivity contribution >= 4 is 11.5 Å². The molecule has 114 valence electrons. The molecule has 0 radical (unpaired) electrons. The van der Waals surface area contributed by atoms with Gasteiger partial charge in [-0.15, -0.1) is 0 Å². The molecule has 1 heterocycles. The first-order chi connectivity index (χ1) is 9.27. The second kappa shape index (κ2) is 6.99. The molecule has 3 atom stereocenters. The number of aliphatic hydroxyl groups is 3. The number of quaternary nitrogens is 1. The van der Waals surface area contributed by atoms with Gasteiger partial charge in [0.2, 0.25) is 0 Å². The Morgan fingerprint density at radius 1 is 1.05 bits per heavy atom. The SMILES string of the molecule is CC(O)C[N+](CC(C)O)(CC(C)O)c1ncccc1N. The van der Waals surface area contributed by atoms with Crippen molar-refractivity contribution in [3.05, 3.63) is 18.3 Å². The summed E-state index contributed by atoms with van der Waals surface area (Å²) in [5.41, 5.74) is 6.51. The highest BCUT2D eigenvalue weighted by Gasteiger charge is 2.37. The van der Waals surface area contributed by atoms with Crippen molar-refractivity contribution in [1.82, 2.24) is 9.47 Å². The Labute approximate surface area is 120 Å². The summed E-state index contributed by atoms with van der Waals surface area (Å²) in [6.45, 7) is 6.02. The summed E-state index contributed by atoms with van der Waals surface area (Å²) >= 11 is 0. The van der Waals surface area contributed by atoms with E-state index in [9.17, 15) is 15.3 Å². The predicted molar refractivity (Wildman–Crippen MR) is 80.1 cm³/mol. The van der Waals surface area contributed by atoms with E-state index >= 15 is 0 Å². The molecule has 3 unspecified atom stereocenters. The molecule has 0 aliphatic carbocycles. The number of hydrogen-bond acceptors (Lipinski definition) is 5. The van der Waals surface area contributed by atoms with Gasteiger partial charge in [0.05, 0.1) is 0 Å². The van der Waals surface area contributed by atoms with Gasteiger partial charge in [0, 0.05) is 6.20 Å². The van der Waals surface area contributed by atoms with E-state index in [0.29, 0.717) is 31.1 Å². The van der Waals surface area contributed by atoms with Gasteiger partial charge in [-0.2, -0.15) is 0 Å². The summed E-state index contributed by atoms with van der Waals surface area (Å²) < 4.78 is 0.152. The smallest absolute Gasteiger partial charge is 0.251 e. The molecule has 0 saturated heterocycles. The van der Waals surface area contributed by atoms with E-state index < -0.39 is 18.3 Å². The van der Waals surface area contributed by atoms with Crippen molar-refractivity contribution < 1.29 is 15.3 Å². The minimum Gasteiger partial charge on any atom is -0.392 e. The van der Waals surface area contributed by atoms with Crippen LogP contribution in [-0.2, 0) is 0 Å². The maximum Gasteiger partial charge on any atom is 0.251 e. The molecule has 0 spiro atoms. The van der Waals surface area contributed by atoms with Crippen molar-refractivity contribution in [2.45, 2.75) is 39.1 Å². The number of rotatable bonds is 7. The summed E-state index contributed by atoms with van der Waals surface area (Å²) in [5.74, 6) is 0.579. The number of aliphatic hydroxyl groups excluding tert-OH is 3. The Hall–Kier alpha value is -1.21. The Morgan fingerprint density at radius 3 is 1.85 bits per heavy atom. The Kier molecular flexibility index (Phi) is 5.88. The molecule has 6 nitrogen and oxygen atoms in total. The zero-order valence-corrected chi connectivity index (χ0v) is 12.4. The van der Waals surface area contributed by atoms with Crippen molar-refractivity contribution in [1.29, 1.82) is 0 Å². The van der Waals surface area contributed by atoms with E-state index in [1.807, 2.05) is 0 Å². The average Bonchev–Trinajstić information content (AvgIpc) is 2.26. The minimum atomic E-state index is -0.603. The molecular weight excluding hydrogens is 258 g/mol. The maximum absolute atomic E-state index is 9.82. The van der Waals surface area contributed by atoms with E-state index in [0.717, 1.165) is 0 Å². The van der Waals surface area contributed by atoms with Crippen LogP contribution >= 0.6 is 0 Å². The zero-order chi connectivity index (χ0) is 15.3. The van der Waals surface area contributed by atoms with Gasteiger partial charge in [0.1, 0.15) is 43.6 Å². The number of nitrogens with zero attached hydrogens (tertiary/aromatic N) is 2. The van der Waals surface area contributed by atoms with Gasteiger partial charge >= 0.3 is 0 Å². The lowest BCUT2D eigenvalue weighted by Crippen LogP contribution is -2.59. The summed E-state index contributed by atoms with van der Waals surface area (Å²) in [4.78, 5) is 4.32. The normalized spacial score (nSPS) is 19.1. The fraction of sp³-hybridized carbons (Fsp3) is 0.643. The molecule has 0 amide bonds. The van der Waals surface area contributed by atoms with Crippen molar-refractivity contribution in [2.24, 2.45) is 0 Å². The third kappa shape index (κ3) is 4.42. The molecule has 0 fully saturated rings. The van der Waals surface area contributed by atoms with E-state index in [1.54, 1.807) is 39.1 Å². The second-order valence-electron chi connectivity index (χ2n) is 5.66. The van der Waals surface area contributed by atoms with Crippen LogP contribution in [0.2, 0.25) is 0 Å². The zero-order valence-electron chi connectivity index (χ0n) is 12.4. The number of pyridine rings is 1. The van der Waals surface area contributed by atoms with Gasteiger partial charge in [0.25, 0.3) is 5.82 Å². The van der Waals surface area contributed by atoms with Gasteiger partial charge in [0.15, 0.2) is 0 Å². The molecule has 0 aromatic carbocycles. The van der Waals surface area contributed by atoms with Crippen LogP contribution in [0.25, 0.3) is 0 Å². The number of nitrogen functional groups attached to an aromatic ring is 1. The molecule has 5 N–H and O–H groups in total. The molecular formula is C14H26N3O3+. The lowest BCUT2D eigenvalue weighted by Gasteiger charge is -2.40. The highest BCUT2D eigenvalue weighted by atomic mass is 16.3. The first-order valence-corrected chi connectivity index (χ1v) is 6.88. The largest absolute Gasteiger partial charge is 0.392 e. The van der Waals surface area contributed by atoms with Crippen LogP contribution in [0.3, 0.4) is 0 Å². The standard InChI is InChI=1S/C14H26N3O3/c1-10(18)7-17(8-11(2)19,9-12(3)20)14-13(15)5-4-6-16-14/h4-6,10-12,18-20H,7-9,15H2,1-3H3/q+1. The monoisotopic (exact) mass is 284 g/mol. The molecule has 1 aromatic rings. The number of anilines is 1. The van der Waals surface area contributed by atoms with Gasteiger partial charge in [-0.3, -0.25) is 4.48 Å². The predicted octanol–water partition coefficient (Wildman–Crippen LogP) is 0.113. The number of nitrogens with two attached hydrogens (primary N) is 1. The quantitative estimate of drug-likeness (QED) is 0.533.